The highest BCUT2D eigenvalue weighted by molar-refractivity contribution is 6.01. The number of halogens is 3. The van der Waals surface area contributed by atoms with E-state index in [0.29, 0.717) is 35.1 Å². The molecule has 3 heterocycles. The lowest BCUT2D eigenvalue weighted by Gasteiger charge is -2.25. The van der Waals surface area contributed by atoms with E-state index in [-0.39, 0.29) is 11.9 Å². The van der Waals surface area contributed by atoms with E-state index in [1.807, 2.05) is 17.0 Å². The second kappa shape index (κ2) is 8.73. The Bertz CT molecular complexity index is 1340. The maximum Gasteiger partial charge on any atom is 0.490 e. The first kappa shape index (κ1) is 25.4. The molecule has 2 aromatic heterocycles. The van der Waals surface area contributed by atoms with Gasteiger partial charge in [-0.25, -0.2) is 19.3 Å². The highest BCUT2D eigenvalue weighted by atomic mass is 19.4. The molecule has 1 amide bonds. The topological polar surface area (TPSA) is 147 Å². The second-order valence-electron chi connectivity index (χ2n) is 9.46. The average Bonchev–Trinajstić information content (AvgIpc) is 3.45. The predicted octanol–water partition coefficient (Wildman–Crippen LogP) is 2.99. The highest BCUT2D eigenvalue weighted by Gasteiger charge is 2.41. The molecule has 10 nitrogen and oxygen atoms in total. The summed E-state index contributed by atoms with van der Waals surface area (Å²) in [7, 11) is 0. The number of nitrogens with zero attached hydrogens (tertiary/aromatic N) is 5. The molecule has 5 rings (SSSR count). The fourth-order valence-electron chi connectivity index (χ4n) is 4.30. The Morgan fingerprint density at radius 1 is 1.22 bits per heavy atom. The van der Waals surface area contributed by atoms with Crippen LogP contribution < -0.4 is 5.73 Å². The Kier molecular flexibility index (Phi) is 6.15. The molecule has 1 saturated carbocycles. The van der Waals surface area contributed by atoms with Gasteiger partial charge in [0.05, 0.1) is 23.1 Å². The van der Waals surface area contributed by atoms with Crippen LogP contribution in [0.4, 0.5) is 19.0 Å². The van der Waals surface area contributed by atoms with E-state index in [4.69, 9.17) is 15.6 Å². The number of rotatable bonds is 4. The van der Waals surface area contributed by atoms with E-state index in [1.54, 1.807) is 24.6 Å². The molecule has 1 aliphatic carbocycles. The molecule has 13 heteroatoms. The van der Waals surface area contributed by atoms with Crippen LogP contribution >= 0.6 is 0 Å². The minimum atomic E-state index is -5.08. The Labute approximate surface area is 203 Å². The zero-order valence-corrected chi connectivity index (χ0v) is 19.7. The zero-order chi connectivity index (χ0) is 26.6. The lowest BCUT2D eigenvalue weighted by Crippen LogP contribution is -2.35. The van der Waals surface area contributed by atoms with Crippen molar-refractivity contribution in [3.05, 3.63) is 41.3 Å². The number of hydrogen-bond donors (Lipinski definition) is 3. The number of carbonyl (C=O) groups excluding carboxylic acids is 1. The normalized spacial score (nSPS) is 16.5. The number of aliphatic hydroxyl groups is 1. The number of fused-ring (bicyclic) bond motifs is 2. The molecule has 192 valence electrons. The molecule has 2 aliphatic rings. The summed E-state index contributed by atoms with van der Waals surface area (Å²) in [5.41, 5.74) is 8.97. The number of nitrogen functional groups attached to an aromatic ring is 1. The SMILES string of the molecule is CC(C1CC1)N1Cc2cc(-c3cnc4c(N)ncnn34)cc(C(C)(C)O)c2C1=O.O=C(O)C(F)(F)F. The Balaban J connectivity index is 0.000000384. The van der Waals surface area contributed by atoms with Crippen molar-refractivity contribution < 1.29 is 33.0 Å². The third-order valence-electron chi connectivity index (χ3n) is 6.36. The van der Waals surface area contributed by atoms with Gasteiger partial charge in [-0.05, 0) is 62.8 Å². The summed E-state index contributed by atoms with van der Waals surface area (Å²) in [5, 5.41) is 22.3. The van der Waals surface area contributed by atoms with Gasteiger partial charge in [-0.2, -0.15) is 18.3 Å². The van der Waals surface area contributed by atoms with Crippen molar-refractivity contribution in [3.8, 4) is 11.3 Å². The van der Waals surface area contributed by atoms with Crippen LogP contribution in [-0.2, 0) is 16.9 Å². The van der Waals surface area contributed by atoms with E-state index in [1.165, 1.54) is 19.2 Å². The minimum absolute atomic E-state index is 0.00721. The van der Waals surface area contributed by atoms with Crippen molar-refractivity contribution in [1.82, 2.24) is 24.5 Å². The van der Waals surface area contributed by atoms with Crippen molar-refractivity contribution in [2.45, 2.75) is 58.0 Å². The van der Waals surface area contributed by atoms with Gasteiger partial charge in [0.25, 0.3) is 5.91 Å². The molecule has 36 heavy (non-hydrogen) atoms. The smallest absolute Gasteiger partial charge is 0.475 e. The van der Waals surface area contributed by atoms with Gasteiger partial charge in [-0.1, -0.05) is 0 Å². The molecule has 1 atom stereocenters. The molecular formula is C23H25F3N6O4. The Hall–Kier alpha value is -3.74. The van der Waals surface area contributed by atoms with E-state index < -0.39 is 17.7 Å². The van der Waals surface area contributed by atoms with Crippen molar-refractivity contribution >= 4 is 23.3 Å². The zero-order valence-electron chi connectivity index (χ0n) is 19.7. The predicted molar refractivity (Wildman–Crippen MR) is 122 cm³/mol. The van der Waals surface area contributed by atoms with Gasteiger partial charge >= 0.3 is 12.1 Å². The van der Waals surface area contributed by atoms with Crippen molar-refractivity contribution in [2.75, 3.05) is 5.73 Å². The van der Waals surface area contributed by atoms with Crippen molar-refractivity contribution in [3.63, 3.8) is 0 Å². The summed E-state index contributed by atoms with van der Waals surface area (Å²) >= 11 is 0. The van der Waals surface area contributed by atoms with Gasteiger partial charge in [-0.3, -0.25) is 4.79 Å². The van der Waals surface area contributed by atoms with Gasteiger partial charge in [-0.15, -0.1) is 0 Å². The van der Waals surface area contributed by atoms with Crippen molar-refractivity contribution in [2.24, 2.45) is 5.92 Å². The number of hydrogen-bond acceptors (Lipinski definition) is 7. The average molecular weight is 506 g/mol. The number of anilines is 1. The van der Waals surface area contributed by atoms with E-state index >= 15 is 0 Å². The van der Waals surface area contributed by atoms with Crippen LogP contribution in [0.5, 0.6) is 0 Å². The van der Waals surface area contributed by atoms with Crippen LogP contribution in [0.2, 0.25) is 0 Å². The number of carbonyl (C=O) groups is 2. The van der Waals surface area contributed by atoms with Crippen LogP contribution in [0.25, 0.3) is 16.9 Å². The standard InChI is InChI=1S/C21H24N6O2.C2HF3O2/c1-11(12-4-5-12)26-9-14-6-13(7-15(21(2,3)29)17(14)20(26)28)16-8-23-19-18(22)24-10-25-27(16)19;3-2(4,5)1(6)7/h6-8,10-12,29H,4-5,9H2,1-3H3,(H2,22,24,25);(H,6,7). The lowest BCUT2D eigenvalue weighted by molar-refractivity contribution is -0.192. The third-order valence-corrected chi connectivity index (χ3v) is 6.36. The number of aromatic nitrogens is 4. The quantitative estimate of drug-likeness (QED) is 0.489. The largest absolute Gasteiger partial charge is 0.490 e. The van der Waals surface area contributed by atoms with Crippen LogP contribution in [0.1, 0.15) is 55.1 Å². The third kappa shape index (κ3) is 4.70. The summed E-state index contributed by atoms with van der Waals surface area (Å²) in [6.07, 6.45) is 0.347. The Morgan fingerprint density at radius 3 is 2.42 bits per heavy atom. The molecule has 3 aromatic rings. The lowest BCUT2D eigenvalue weighted by atomic mass is 9.88. The van der Waals surface area contributed by atoms with Gasteiger partial charge in [0.2, 0.25) is 0 Å². The fourth-order valence-corrected chi connectivity index (χ4v) is 4.30. The summed E-state index contributed by atoms with van der Waals surface area (Å²) < 4.78 is 33.4. The summed E-state index contributed by atoms with van der Waals surface area (Å²) in [5.74, 6) is -1.87. The summed E-state index contributed by atoms with van der Waals surface area (Å²) in [6, 6.07) is 4.07. The molecular weight excluding hydrogens is 481 g/mol. The van der Waals surface area contributed by atoms with Crippen molar-refractivity contribution in [1.29, 1.82) is 0 Å². The number of alkyl halides is 3. The highest BCUT2D eigenvalue weighted by Crippen LogP contribution is 2.41. The molecule has 0 saturated heterocycles. The number of imidazole rings is 1. The first-order valence-electron chi connectivity index (χ1n) is 11.2. The summed E-state index contributed by atoms with van der Waals surface area (Å²) in [6.45, 7) is 6.09. The minimum Gasteiger partial charge on any atom is -0.475 e. The van der Waals surface area contributed by atoms with Crippen LogP contribution in [0, 0.1) is 5.92 Å². The molecule has 0 bridgehead atoms. The fraction of sp³-hybridized carbons (Fsp3) is 0.435. The number of nitrogens with two attached hydrogens (primary N) is 1. The molecule has 4 N–H and O–H groups in total. The number of carboxylic acid groups (broad SMARTS) is 1. The maximum atomic E-state index is 13.3. The van der Waals surface area contributed by atoms with E-state index in [0.717, 1.165) is 16.8 Å². The number of amides is 1. The number of carboxylic acids is 1. The molecule has 1 fully saturated rings. The van der Waals surface area contributed by atoms with Crippen LogP contribution in [0.3, 0.4) is 0 Å². The van der Waals surface area contributed by atoms with Gasteiger partial charge in [0, 0.05) is 18.2 Å². The first-order valence-corrected chi connectivity index (χ1v) is 11.2. The van der Waals surface area contributed by atoms with Gasteiger partial charge in [0.1, 0.15) is 6.33 Å². The van der Waals surface area contributed by atoms with Gasteiger partial charge < -0.3 is 20.8 Å². The summed E-state index contributed by atoms with van der Waals surface area (Å²) in [4.78, 5) is 32.4. The van der Waals surface area contributed by atoms with Crippen LogP contribution in [-0.4, -0.2) is 58.8 Å². The number of benzene rings is 1. The first-order chi connectivity index (χ1) is 16.7. The van der Waals surface area contributed by atoms with E-state index in [9.17, 15) is 23.1 Å². The second-order valence-corrected chi connectivity index (χ2v) is 9.46. The molecule has 1 aliphatic heterocycles. The molecule has 0 radical (unpaired) electrons. The molecule has 0 spiro atoms. The van der Waals surface area contributed by atoms with Gasteiger partial charge in [0.15, 0.2) is 11.5 Å². The van der Waals surface area contributed by atoms with Crippen LogP contribution in [0.15, 0.2) is 24.7 Å². The number of aliphatic carboxylic acids is 1. The molecule has 1 unspecified atom stereocenters. The van der Waals surface area contributed by atoms with E-state index in [2.05, 4.69) is 22.0 Å². The molecule has 1 aromatic carbocycles. The maximum absolute atomic E-state index is 13.3. The Morgan fingerprint density at radius 2 is 1.86 bits per heavy atom. The monoisotopic (exact) mass is 506 g/mol.